The number of thiazole rings is 1. The molecule has 0 saturated carbocycles. The second-order valence-corrected chi connectivity index (χ2v) is 7.06. The smallest absolute Gasteiger partial charge is 0.306 e. The van der Waals surface area contributed by atoms with Crippen LogP contribution in [0, 0.1) is 0 Å². The maximum atomic E-state index is 12.3. The van der Waals surface area contributed by atoms with Gasteiger partial charge in [0.1, 0.15) is 5.82 Å². The normalized spacial score (nSPS) is 14.5. The molecule has 0 radical (unpaired) electrons. The van der Waals surface area contributed by atoms with Crippen LogP contribution in [0.3, 0.4) is 0 Å². The Morgan fingerprint density at radius 2 is 1.85 bits per heavy atom. The van der Waals surface area contributed by atoms with Crippen molar-refractivity contribution in [1.29, 1.82) is 0 Å². The monoisotopic (exact) mass is 381 g/mol. The van der Waals surface area contributed by atoms with Gasteiger partial charge in [-0.05, 0) is 42.5 Å². The zero-order chi connectivity index (χ0) is 18.1. The maximum absolute atomic E-state index is 12.3. The third-order valence-electron chi connectivity index (χ3n) is 3.79. The van der Waals surface area contributed by atoms with Crippen LogP contribution in [0.1, 0.15) is 4.88 Å². The summed E-state index contributed by atoms with van der Waals surface area (Å²) in [5.41, 5.74) is 1.20. The van der Waals surface area contributed by atoms with Gasteiger partial charge in [-0.15, -0.1) is 0 Å². The van der Waals surface area contributed by atoms with Crippen LogP contribution in [-0.4, -0.2) is 10.9 Å². The lowest BCUT2D eigenvalue weighted by Crippen LogP contribution is -2.29. The third kappa shape index (κ3) is 3.37. The van der Waals surface area contributed by atoms with Gasteiger partial charge in [0, 0.05) is 21.5 Å². The molecule has 1 aliphatic heterocycles. The SMILES string of the molecule is O=C1N=c2ccccc2=C/C1=C/c1sc(=O)[nH]c1Nc1ccc(Cl)cc1. The van der Waals surface area contributed by atoms with Gasteiger partial charge in [-0.2, -0.15) is 0 Å². The summed E-state index contributed by atoms with van der Waals surface area (Å²) < 4.78 is 0. The molecule has 2 N–H and O–H groups in total. The fraction of sp³-hybridized carbons (Fsp3) is 0. The summed E-state index contributed by atoms with van der Waals surface area (Å²) in [6, 6.07) is 14.5. The first-order valence-electron chi connectivity index (χ1n) is 7.76. The van der Waals surface area contributed by atoms with Crippen LogP contribution >= 0.6 is 22.9 Å². The summed E-state index contributed by atoms with van der Waals surface area (Å²) in [5.74, 6) is 0.192. The first-order valence-corrected chi connectivity index (χ1v) is 8.95. The molecule has 0 atom stereocenters. The summed E-state index contributed by atoms with van der Waals surface area (Å²) in [6.07, 6.45) is 3.45. The Morgan fingerprint density at radius 1 is 1.08 bits per heavy atom. The maximum Gasteiger partial charge on any atom is 0.306 e. The number of amides is 1. The van der Waals surface area contributed by atoms with E-state index in [0.29, 0.717) is 26.6 Å². The fourth-order valence-corrected chi connectivity index (χ4v) is 3.44. The molecule has 1 aromatic heterocycles. The molecule has 1 aliphatic rings. The largest absolute Gasteiger partial charge is 0.341 e. The van der Waals surface area contributed by atoms with Crippen LogP contribution in [0.5, 0.6) is 0 Å². The lowest BCUT2D eigenvalue weighted by Gasteiger charge is -2.06. The zero-order valence-corrected chi connectivity index (χ0v) is 14.9. The summed E-state index contributed by atoms with van der Waals surface area (Å²) >= 11 is 6.91. The average molecular weight is 382 g/mol. The van der Waals surface area contributed by atoms with Crippen LogP contribution in [0.4, 0.5) is 11.5 Å². The number of carbonyl (C=O) groups excluding carboxylic acids is 1. The van der Waals surface area contributed by atoms with Crippen LogP contribution in [0.15, 0.2) is 63.9 Å². The summed E-state index contributed by atoms with van der Waals surface area (Å²) in [5, 5.41) is 5.28. The van der Waals surface area contributed by atoms with Crippen molar-refractivity contribution < 1.29 is 4.79 Å². The quantitative estimate of drug-likeness (QED) is 0.685. The van der Waals surface area contributed by atoms with E-state index in [1.807, 2.05) is 18.2 Å². The van der Waals surface area contributed by atoms with Gasteiger partial charge >= 0.3 is 4.87 Å². The number of hydrogen-bond donors (Lipinski definition) is 2. The summed E-state index contributed by atoms with van der Waals surface area (Å²) in [6.45, 7) is 0. The Balaban J connectivity index is 1.74. The van der Waals surface area contributed by atoms with Crippen molar-refractivity contribution in [1.82, 2.24) is 4.98 Å². The molecule has 4 rings (SSSR count). The number of rotatable bonds is 3. The highest BCUT2D eigenvalue weighted by molar-refractivity contribution is 7.10. The fourth-order valence-electron chi connectivity index (χ4n) is 2.57. The van der Waals surface area contributed by atoms with Gasteiger partial charge in [0.15, 0.2) is 0 Å². The molecule has 0 fully saturated rings. The van der Waals surface area contributed by atoms with E-state index >= 15 is 0 Å². The lowest BCUT2D eigenvalue weighted by molar-refractivity contribution is -0.114. The van der Waals surface area contributed by atoms with E-state index in [0.717, 1.165) is 22.2 Å². The number of nitrogens with one attached hydrogen (secondary N) is 2. The molecule has 2 heterocycles. The first kappa shape index (κ1) is 16.5. The molecule has 3 aromatic rings. The number of fused-ring (bicyclic) bond motifs is 1. The number of aromatic amines is 1. The molecule has 0 saturated heterocycles. The van der Waals surface area contributed by atoms with Crippen molar-refractivity contribution in [2.75, 3.05) is 5.32 Å². The topological polar surface area (TPSA) is 74.3 Å². The number of hydrogen-bond acceptors (Lipinski definition) is 4. The number of aromatic nitrogens is 1. The number of anilines is 2. The second-order valence-electron chi connectivity index (χ2n) is 5.61. The van der Waals surface area contributed by atoms with E-state index < -0.39 is 0 Å². The molecule has 128 valence electrons. The van der Waals surface area contributed by atoms with Crippen LogP contribution in [0.2, 0.25) is 5.02 Å². The Hall–Kier alpha value is -2.96. The highest BCUT2D eigenvalue weighted by Gasteiger charge is 2.13. The van der Waals surface area contributed by atoms with Gasteiger partial charge in [-0.25, -0.2) is 4.99 Å². The third-order valence-corrected chi connectivity index (χ3v) is 4.87. The van der Waals surface area contributed by atoms with Crippen molar-refractivity contribution in [3.05, 3.63) is 84.2 Å². The molecule has 2 aromatic carbocycles. The van der Waals surface area contributed by atoms with Gasteiger partial charge in [0.25, 0.3) is 5.91 Å². The number of halogens is 1. The van der Waals surface area contributed by atoms with E-state index in [2.05, 4.69) is 15.3 Å². The van der Waals surface area contributed by atoms with Crippen molar-refractivity contribution in [3.8, 4) is 0 Å². The molecule has 1 amide bonds. The molecule has 0 bridgehead atoms. The Morgan fingerprint density at radius 3 is 2.65 bits per heavy atom. The minimum atomic E-state index is -0.331. The number of H-pyrrole nitrogens is 1. The molecule has 0 spiro atoms. The van der Waals surface area contributed by atoms with Gasteiger partial charge < -0.3 is 5.32 Å². The molecule has 0 unspecified atom stereocenters. The number of carbonyl (C=O) groups is 1. The predicted molar refractivity (Wildman–Crippen MR) is 104 cm³/mol. The van der Waals surface area contributed by atoms with Crippen molar-refractivity contribution in [3.63, 3.8) is 0 Å². The van der Waals surface area contributed by atoms with Crippen molar-refractivity contribution >= 4 is 52.5 Å². The lowest BCUT2D eigenvalue weighted by atomic mass is 10.1. The molecule has 26 heavy (non-hydrogen) atoms. The predicted octanol–water partition coefficient (Wildman–Crippen LogP) is 2.86. The highest BCUT2D eigenvalue weighted by atomic mass is 35.5. The second kappa shape index (κ2) is 6.74. The van der Waals surface area contributed by atoms with Gasteiger partial charge in [-0.1, -0.05) is 41.1 Å². The standard InChI is InChI=1S/C19H12ClN3O2S/c20-13-5-7-14(8-6-13)21-17-16(26-19(25)23-17)10-12-9-11-3-1-2-4-15(11)22-18(12)24/h1-10,21H,(H,23,25)/b12-10-. The summed E-state index contributed by atoms with van der Waals surface area (Å²) in [7, 11) is 0. The molecular formula is C19H12ClN3O2S. The van der Waals surface area contributed by atoms with Crippen LogP contribution < -0.4 is 20.8 Å². The minimum absolute atomic E-state index is 0.214. The number of para-hydroxylation sites is 1. The first-order chi connectivity index (χ1) is 12.6. The molecule has 0 aliphatic carbocycles. The van der Waals surface area contributed by atoms with E-state index in [1.165, 1.54) is 0 Å². The number of nitrogens with zero attached hydrogens (tertiary/aromatic N) is 1. The summed E-state index contributed by atoms with van der Waals surface area (Å²) in [4.78, 5) is 31.4. The highest BCUT2D eigenvalue weighted by Crippen LogP contribution is 2.24. The van der Waals surface area contributed by atoms with Gasteiger partial charge in [0.05, 0.1) is 10.2 Å². The Bertz CT molecular complexity index is 1210. The van der Waals surface area contributed by atoms with Crippen molar-refractivity contribution in [2.24, 2.45) is 4.99 Å². The van der Waals surface area contributed by atoms with E-state index in [1.54, 1.807) is 42.5 Å². The van der Waals surface area contributed by atoms with Gasteiger partial charge in [-0.3, -0.25) is 14.6 Å². The zero-order valence-electron chi connectivity index (χ0n) is 13.3. The molecular weight excluding hydrogens is 370 g/mol. The van der Waals surface area contributed by atoms with Crippen molar-refractivity contribution in [2.45, 2.75) is 0 Å². The minimum Gasteiger partial charge on any atom is -0.341 e. The van der Waals surface area contributed by atoms with Crippen LogP contribution in [0.25, 0.3) is 12.2 Å². The van der Waals surface area contributed by atoms with E-state index in [9.17, 15) is 9.59 Å². The van der Waals surface area contributed by atoms with Crippen LogP contribution in [-0.2, 0) is 4.79 Å². The van der Waals surface area contributed by atoms with Gasteiger partial charge in [0.2, 0.25) is 0 Å². The van der Waals surface area contributed by atoms with E-state index in [4.69, 9.17) is 11.6 Å². The van der Waals surface area contributed by atoms with E-state index in [-0.39, 0.29) is 10.8 Å². The number of benzene rings is 2. The average Bonchev–Trinajstić information content (AvgIpc) is 2.96. The molecule has 7 heteroatoms. The molecule has 5 nitrogen and oxygen atoms in total. The Labute approximate surface area is 157 Å². The Kier molecular flexibility index (Phi) is 4.28.